The summed E-state index contributed by atoms with van der Waals surface area (Å²) in [6.45, 7) is 0. The van der Waals surface area contributed by atoms with E-state index in [1.54, 1.807) is 14.2 Å². The molecular formula is C12H16INO2. The highest BCUT2D eigenvalue weighted by molar-refractivity contribution is 14.1. The molecule has 0 radical (unpaired) electrons. The average molecular weight is 333 g/mol. The summed E-state index contributed by atoms with van der Waals surface area (Å²) >= 11 is 2.25. The Bertz CT molecular complexity index is 377. The van der Waals surface area contributed by atoms with Gasteiger partial charge in [-0.1, -0.05) is 6.07 Å². The van der Waals surface area contributed by atoms with Gasteiger partial charge in [0.15, 0.2) is 11.5 Å². The monoisotopic (exact) mass is 333 g/mol. The molecule has 0 unspecified atom stereocenters. The minimum Gasteiger partial charge on any atom is -0.493 e. The molecule has 1 saturated carbocycles. The first-order valence-electron chi connectivity index (χ1n) is 5.32. The van der Waals surface area contributed by atoms with Crippen molar-refractivity contribution in [2.75, 3.05) is 14.2 Å². The van der Waals surface area contributed by atoms with Crippen LogP contribution in [-0.2, 0) is 6.42 Å². The van der Waals surface area contributed by atoms with Crippen LogP contribution in [0.1, 0.15) is 18.4 Å². The van der Waals surface area contributed by atoms with E-state index in [1.165, 1.54) is 18.4 Å². The van der Waals surface area contributed by atoms with Gasteiger partial charge in [-0.25, -0.2) is 0 Å². The normalized spacial score (nSPS) is 16.9. The molecule has 0 bridgehead atoms. The zero-order chi connectivity index (χ0) is 11.6. The van der Waals surface area contributed by atoms with E-state index in [4.69, 9.17) is 9.47 Å². The van der Waals surface area contributed by atoms with E-state index < -0.39 is 0 Å². The Kier molecular flexibility index (Phi) is 3.59. The Hall–Kier alpha value is -0.490. The second-order valence-electron chi connectivity index (χ2n) is 4.24. The number of methoxy groups -OCH3 is 2. The van der Waals surface area contributed by atoms with Crippen molar-refractivity contribution in [2.24, 2.45) is 0 Å². The molecule has 1 aromatic carbocycles. The van der Waals surface area contributed by atoms with Crippen molar-refractivity contribution < 1.29 is 9.47 Å². The van der Waals surface area contributed by atoms with Crippen LogP contribution in [-0.4, -0.2) is 19.8 Å². The van der Waals surface area contributed by atoms with Crippen molar-refractivity contribution in [2.45, 2.75) is 24.8 Å². The highest BCUT2D eigenvalue weighted by Gasteiger charge is 2.41. The van der Waals surface area contributed by atoms with Crippen LogP contribution in [0.4, 0.5) is 0 Å². The van der Waals surface area contributed by atoms with Crippen LogP contribution >= 0.6 is 22.9 Å². The van der Waals surface area contributed by atoms with Crippen molar-refractivity contribution >= 4 is 22.9 Å². The van der Waals surface area contributed by atoms with Crippen LogP contribution in [0.15, 0.2) is 18.2 Å². The molecule has 3 nitrogen and oxygen atoms in total. The average Bonchev–Trinajstić information content (AvgIpc) is 3.09. The molecule has 0 aromatic heterocycles. The van der Waals surface area contributed by atoms with Gasteiger partial charge in [0.1, 0.15) is 0 Å². The summed E-state index contributed by atoms with van der Waals surface area (Å²) in [7, 11) is 3.33. The summed E-state index contributed by atoms with van der Waals surface area (Å²) in [4.78, 5) is 0. The third-order valence-electron chi connectivity index (χ3n) is 3.04. The summed E-state index contributed by atoms with van der Waals surface area (Å²) in [6, 6.07) is 6.14. The molecule has 0 atom stereocenters. The van der Waals surface area contributed by atoms with Gasteiger partial charge in [0.05, 0.1) is 14.2 Å². The standard InChI is InChI=1S/C12H16INO2/c1-15-10-4-3-9(7-11(10)16-2)8-12(14-13)5-6-12/h3-4,7,14H,5-6,8H2,1-2H3. The molecule has 88 valence electrons. The molecule has 2 rings (SSSR count). The molecule has 0 heterocycles. The van der Waals surface area contributed by atoms with Crippen LogP contribution in [0.2, 0.25) is 0 Å². The molecule has 0 amide bonds. The van der Waals surface area contributed by atoms with E-state index >= 15 is 0 Å². The maximum Gasteiger partial charge on any atom is 0.160 e. The summed E-state index contributed by atoms with van der Waals surface area (Å²) < 4.78 is 13.9. The van der Waals surface area contributed by atoms with Crippen LogP contribution in [0, 0.1) is 0 Å². The SMILES string of the molecule is COc1ccc(CC2(NI)CC2)cc1OC. The quantitative estimate of drug-likeness (QED) is 0.664. The van der Waals surface area contributed by atoms with Crippen molar-refractivity contribution in [3.8, 4) is 11.5 Å². The van der Waals surface area contributed by atoms with Crippen molar-refractivity contribution in [1.82, 2.24) is 3.53 Å². The lowest BCUT2D eigenvalue weighted by atomic mass is 10.0. The molecule has 1 aromatic rings. The molecule has 1 fully saturated rings. The maximum absolute atomic E-state index is 5.30. The van der Waals surface area contributed by atoms with Gasteiger partial charge < -0.3 is 9.47 Å². The number of hydrogen-bond donors (Lipinski definition) is 1. The first kappa shape index (κ1) is 12.0. The second-order valence-corrected chi connectivity index (χ2v) is 4.78. The summed E-state index contributed by atoms with van der Waals surface area (Å²) in [5, 5.41) is 0. The first-order valence-corrected chi connectivity index (χ1v) is 6.39. The van der Waals surface area contributed by atoms with Gasteiger partial charge in [-0.2, -0.15) is 0 Å². The van der Waals surface area contributed by atoms with Crippen LogP contribution in [0.5, 0.6) is 11.5 Å². The summed E-state index contributed by atoms with van der Waals surface area (Å²) in [5.74, 6) is 1.60. The van der Waals surface area contributed by atoms with Crippen molar-refractivity contribution in [3.63, 3.8) is 0 Å². The molecule has 1 N–H and O–H groups in total. The molecule has 0 aliphatic heterocycles. The number of hydrogen-bond acceptors (Lipinski definition) is 3. The van der Waals surface area contributed by atoms with Crippen molar-refractivity contribution in [3.05, 3.63) is 23.8 Å². The zero-order valence-corrected chi connectivity index (χ0v) is 11.7. The fourth-order valence-corrected chi connectivity index (χ4v) is 2.57. The molecule has 0 saturated heterocycles. The topological polar surface area (TPSA) is 30.5 Å². The highest BCUT2D eigenvalue weighted by atomic mass is 127. The number of halogens is 1. The Morgan fingerprint density at radius 1 is 1.25 bits per heavy atom. The van der Waals surface area contributed by atoms with Gasteiger partial charge in [0.25, 0.3) is 0 Å². The number of nitrogens with one attached hydrogen (secondary N) is 1. The van der Waals surface area contributed by atoms with Gasteiger partial charge in [-0.05, 0) is 37.0 Å². The van der Waals surface area contributed by atoms with Gasteiger partial charge in [-0.15, -0.1) is 0 Å². The Morgan fingerprint density at radius 2 is 1.94 bits per heavy atom. The Balaban J connectivity index is 2.16. The minimum atomic E-state index is 0.320. The summed E-state index contributed by atoms with van der Waals surface area (Å²) in [6.07, 6.45) is 3.56. The van der Waals surface area contributed by atoms with Crippen LogP contribution < -0.4 is 13.0 Å². The fraction of sp³-hybridized carbons (Fsp3) is 0.500. The number of rotatable bonds is 5. The van der Waals surface area contributed by atoms with E-state index in [2.05, 4.69) is 38.5 Å². The minimum absolute atomic E-state index is 0.320. The maximum atomic E-state index is 5.30. The van der Waals surface area contributed by atoms with Crippen LogP contribution in [0.3, 0.4) is 0 Å². The van der Waals surface area contributed by atoms with Gasteiger partial charge >= 0.3 is 0 Å². The molecule has 1 aliphatic carbocycles. The molecule has 4 heteroatoms. The second kappa shape index (κ2) is 4.79. The Morgan fingerprint density at radius 3 is 2.44 bits per heavy atom. The zero-order valence-electron chi connectivity index (χ0n) is 9.55. The Labute approximate surface area is 110 Å². The predicted molar refractivity (Wildman–Crippen MR) is 72.4 cm³/mol. The fourth-order valence-electron chi connectivity index (χ4n) is 1.84. The third kappa shape index (κ3) is 2.43. The largest absolute Gasteiger partial charge is 0.493 e. The molecule has 0 spiro atoms. The van der Waals surface area contributed by atoms with Gasteiger partial charge in [0, 0.05) is 28.4 Å². The molecular weight excluding hydrogens is 317 g/mol. The van der Waals surface area contributed by atoms with E-state index in [0.717, 1.165) is 17.9 Å². The predicted octanol–water partition coefficient (Wildman–Crippen LogP) is 2.72. The van der Waals surface area contributed by atoms with E-state index in [0.29, 0.717) is 5.54 Å². The highest BCUT2D eigenvalue weighted by Crippen LogP contribution is 2.40. The molecule has 16 heavy (non-hydrogen) atoms. The number of ether oxygens (including phenoxy) is 2. The lowest BCUT2D eigenvalue weighted by molar-refractivity contribution is 0.354. The van der Waals surface area contributed by atoms with E-state index in [-0.39, 0.29) is 0 Å². The van der Waals surface area contributed by atoms with Crippen molar-refractivity contribution in [1.29, 1.82) is 0 Å². The number of benzene rings is 1. The van der Waals surface area contributed by atoms with Gasteiger partial charge in [-0.3, -0.25) is 3.53 Å². The molecule has 1 aliphatic rings. The van der Waals surface area contributed by atoms with E-state index in [9.17, 15) is 0 Å². The summed E-state index contributed by atoms with van der Waals surface area (Å²) in [5.41, 5.74) is 1.61. The smallest absolute Gasteiger partial charge is 0.160 e. The lowest BCUT2D eigenvalue weighted by Crippen LogP contribution is -2.24. The van der Waals surface area contributed by atoms with Gasteiger partial charge in [0.2, 0.25) is 0 Å². The lowest BCUT2D eigenvalue weighted by Gasteiger charge is -2.14. The van der Waals surface area contributed by atoms with Crippen LogP contribution in [0.25, 0.3) is 0 Å². The first-order chi connectivity index (χ1) is 7.73. The van der Waals surface area contributed by atoms with E-state index in [1.807, 2.05) is 6.07 Å². The third-order valence-corrected chi connectivity index (χ3v) is 4.19.